The molecule has 0 aliphatic carbocycles. The minimum Gasteiger partial charge on any atom is -0.466 e. The van der Waals surface area contributed by atoms with Gasteiger partial charge in [-0.1, -0.05) is 12.1 Å². The Morgan fingerprint density at radius 3 is 2.17 bits per heavy atom. The number of hydrogen-bond acceptors (Lipinski definition) is 5. The summed E-state index contributed by atoms with van der Waals surface area (Å²) in [5, 5.41) is 0. The van der Waals surface area contributed by atoms with Crippen molar-refractivity contribution in [3.05, 3.63) is 29.8 Å². The van der Waals surface area contributed by atoms with Crippen LogP contribution in [0.5, 0.6) is 0 Å². The first-order chi connectivity index (χ1) is 11.2. The van der Waals surface area contributed by atoms with E-state index >= 15 is 0 Å². The third-order valence-electron chi connectivity index (χ3n) is 4.84. The highest BCUT2D eigenvalue weighted by Crippen LogP contribution is 2.42. The number of carbonyl (C=O) groups excluding carboxylic acids is 1. The summed E-state index contributed by atoms with van der Waals surface area (Å²) in [7, 11) is -0.473. The first-order valence-corrected chi connectivity index (χ1v) is 9.58. The molecule has 24 heavy (non-hydrogen) atoms. The van der Waals surface area contributed by atoms with Crippen molar-refractivity contribution >= 4 is 24.8 Å². The zero-order valence-corrected chi connectivity index (χ0v) is 16.2. The number of benzene rings is 1. The monoisotopic (exact) mass is 350 g/mol. The van der Waals surface area contributed by atoms with Crippen LogP contribution in [0.25, 0.3) is 0 Å². The minimum absolute atomic E-state index is 0.194. The van der Waals surface area contributed by atoms with E-state index in [1.54, 1.807) is 11.8 Å². The lowest BCUT2D eigenvalue weighted by Crippen LogP contribution is -2.41. The van der Waals surface area contributed by atoms with Gasteiger partial charge in [0, 0.05) is 10.7 Å². The molecular formula is C18H27BO4S. The van der Waals surface area contributed by atoms with Crippen LogP contribution in [-0.2, 0) is 18.8 Å². The van der Waals surface area contributed by atoms with Gasteiger partial charge < -0.3 is 14.0 Å². The van der Waals surface area contributed by atoms with E-state index in [1.165, 1.54) is 4.90 Å². The first-order valence-electron chi connectivity index (χ1n) is 8.35. The number of carbonyl (C=O) groups is 1. The number of esters is 1. The van der Waals surface area contributed by atoms with E-state index < -0.39 is 18.3 Å². The van der Waals surface area contributed by atoms with Crippen LogP contribution in [0.2, 0.25) is 0 Å². The lowest BCUT2D eigenvalue weighted by molar-refractivity contribution is -0.143. The summed E-state index contributed by atoms with van der Waals surface area (Å²) in [6, 6.07) is 8.20. The van der Waals surface area contributed by atoms with E-state index in [0.717, 1.165) is 5.56 Å². The van der Waals surface area contributed by atoms with Gasteiger partial charge in [-0.15, -0.1) is 11.8 Å². The van der Waals surface area contributed by atoms with E-state index in [2.05, 4.69) is 12.1 Å². The molecule has 4 nitrogen and oxygen atoms in total. The van der Waals surface area contributed by atoms with Gasteiger partial charge in [-0.3, -0.25) is 4.79 Å². The average molecular weight is 350 g/mol. The molecule has 1 aliphatic rings. The Morgan fingerprint density at radius 1 is 1.17 bits per heavy atom. The predicted molar refractivity (Wildman–Crippen MR) is 98.3 cm³/mol. The van der Waals surface area contributed by atoms with Crippen LogP contribution in [0, 0.1) is 0 Å². The summed E-state index contributed by atoms with van der Waals surface area (Å²) in [4.78, 5) is 13.3. The molecule has 1 unspecified atom stereocenters. The number of rotatable bonds is 6. The maximum absolute atomic E-state index is 12.1. The largest absolute Gasteiger partial charge is 0.466 e. The third-order valence-corrected chi connectivity index (χ3v) is 5.58. The summed E-state index contributed by atoms with van der Waals surface area (Å²) in [6.45, 7) is 10.3. The summed E-state index contributed by atoms with van der Waals surface area (Å²) in [5.41, 5.74) is 0.174. The average Bonchev–Trinajstić information content (AvgIpc) is 2.73. The fraction of sp³-hybridized carbons (Fsp3) is 0.611. The molecule has 132 valence electrons. The second kappa shape index (κ2) is 7.50. The molecule has 1 fully saturated rings. The van der Waals surface area contributed by atoms with Crippen LogP contribution >= 0.6 is 11.8 Å². The molecule has 0 aromatic heterocycles. The topological polar surface area (TPSA) is 44.8 Å². The molecular weight excluding hydrogens is 323 g/mol. The van der Waals surface area contributed by atoms with Crippen LogP contribution in [0.15, 0.2) is 29.2 Å². The Morgan fingerprint density at radius 2 is 1.71 bits per heavy atom. The third kappa shape index (κ3) is 4.16. The van der Waals surface area contributed by atoms with Crippen molar-refractivity contribution in [1.82, 2.24) is 0 Å². The van der Waals surface area contributed by atoms with Gasteiger partial charge in [0.1, 0.15) is 0 Å². The fourth-order valence-electron chi connectivity index (χ4n) is 2.67. The van der Waals surface area contributed by atoms with Crippen LogP contribution in [0.4, 0.5) is 0 Å². The van der Waals surface area contributed by atoms with Crippen molar-refractivity contribution < 1.29 is 18.8 Å². The van der Waals surface area contributed by atoms with Gasteiger partial charge in [0.2, 0.25) is 0 Å². The summed E-state index contributed by atoms with van der Waals surface area (Å²) >= 11 is 1.69. The Balaban J connectivity index is 2.27. The second-order valence-corrected chi connectivity index (χ2v) is 7.89. The smallest absolute Gasteiger partial charge is 0.466 e. The molecule has 1 aliphatic heterocycles. The molecule has 0 spiro atoms. The van der Waals surface area contributed by atoms with Gasteiger partial charge >= 0.3 is 13.1 Å². The molecule has 1 aromatic rings. The molecule has 1 saturated heterocycles. The van der Waals surface area contributed by atoms with Crippen LogP contribution in [0.3, 0.4) is 0 Å². The molecule has 2 rings (SSSR count). The summed E-state index contributed by atoms with van der Waals surface area (Å²) < 4.78 is 17.5. The molecule has 0 N–H and O–H groups in total. The molecule has 1 atom stereocenters. The van der Waals surface area contributed by atoms with E-state index in [1.807, 2.05) is 53.0 Å². The molecule has 0 saturated carbocycles. The van der Waals surface area contributed by atoms with Crippen molar-refractivity contribution in [3.63, 3.8) is 0 Å². The highest BCUT2D eigenvalue weighted by molar-refractivity contribution is 7.98. The maximum Gasteiger partial charge on any atom is 0.466 e. The number of thioether (sulfide) groups is 1. The van der Waals surface area contributed by atoms with E-state index in [-0.39, 0.29) is 18.2 Å². The fourth-order valence-corrected chi connectivity index (χ4v) is 3.08. The van der Waals surface area contributed by atoms with Crippen molar-refractivity contribution in [2.75, 3.05) is 12.9 Å². The molecule has 0 radical (unpaired) electrons. The Hall–Kier alpha value is -0.975. The number of ether oxygens (including phenoxy) is 1. The van der Waals surface area contributed by atoms with Crippen LogP contribution in [-0.4, -0.2) is 37.2 Å². The van der Waals surface area contributed by atoms with Crippen LogP contribution in [0.1, 0.15) is 52.4 Å². The van der Waals surface area contributed by atoms with Crippen molar-refractivity contribution in [3.8, 4) is 0 Å². The molecule has 6 heteroatoms. The molecule has 1 heterocycles. The zero-order valence-electron chi connectivity index (χ0n) is 15.4. The van der Waals surface area contributed by atoms with Gasteiger partial charge in [0.05, 0.1) is 24.2 Å². The minimum atomic E-state index is -0.473. The van der Waals surface area contributed by atoms with E-state index in [4.69, 9.17) is 14.0 Å². The standard InChI is InChI=1S/C18H27BO4S/c1-7-21-16(20)12-15(13-8-10-14(24-6)11-9-13)19-22-17(2,3)18(4,5)23-19/h8-11,15H,7,12H2,1-6H3. The van der Waals surface area contributed by atoms with Crippen molar-refractivity contribution in [2.24, 2.45) is 0 Å². The summed E-state index contributed by atoms with van der Waals surface area (Å²) in [6.07, 6.45) is 2.28. The first kappa shape index (κ1) is 19.4. The lowest BCUT2D eigenvalue weighted by Gasteiger charge is -2.32. The second-order valence-electron chi connectivity index (χ2n) is 7.01. The molecule has 0 bridgehead atoms. The van der Waals surface area contributed by atoms with Gasteiger partial charge in [0.15, 0.2) is 0 Å². The van der Waals surface area contributed by atoms with Gasteiger partial charge in [-0.25, -0.2) is 0 Å². The van der Waals surface area contributed by atoms with Crippen molar-refractivity contribution in [2.45, 2.75) is 63.0 Å². The highest BCUT2D eigenvalue weighted by atomic mass is 32.2. The van der Waals surface area contributed by atoms with Gasteiger partial charge in [-0.2, -0.15) is 0 Å². The molecule has 1 aromatic carbocycles. The van der Waals surface area contributed by atoms with Crippen LogP contribution < -0.4 is 0 Å². The van der Waals surface area contributed by atoms with E-state index in [9.17, 15) is 4.79 Å². The lowest BCUT2D eigenvalue weighted by atomic mass is 9.66. The summed E-state index contributed by atoms with van der Waals surface area (Å²) in [5.74, 6) is -0.424. The van der Waals surface area contributed by atoms with Gasteiger partial charge in [-0.05, 0) is 58.6 Å². The Kier molecular flexibility index (Phi) is 6.05. The molecule has 0 amide bonds. The Bertz CT molecular complexity index is 555. The number of hydrogen-bond donors (Lipinski definition) is 0. The predicted octanol–water partition coefficient (Wildman–Crippen LogP) is 4.08. The van der Waals surface area contributed by atoms with E-state index in [0.29, 0.717) is 6.61 Å². The Labute approximate surface area is 149 Å². The SMILES string of the molecule is CCOC(=O)CC(B1OC(C)(C)C(C)(C)O1)c1ccc(SC)cc1. The normalized spacial score (nSPS) is 20.0. The maximum atomic E-state index is 12.1. The highest BCUT2D eigenvalue weighted by Gasteiger charge is 2.54. The zero-order chi connectivity index (χ0) is 18.0. The quantitative estimate of drug-likeness (QED) is 0.440. The van der Waals surface area contributed by atoms with Gasteiger partial charge in [0.25, 0.3) is 0 Å². The van der Waals surface area contributed by atoms with Crippen molar-refractivity contribution in [1.29, 1.82) is 0 Å².